The van der Waals surface area contributed by atoms with Crippen LogP contribution in [0.15, 0.2) is 10.6 Å². The molecule has 2 aromatic heterocycles. The molecule has 2 aromatic rings. The third-order valence-electron chi connectivity index (χ3n) is 5.16. The number of carbonyl (C=O) groups is 1. The molecule has 0 N–H and O–H groups in total. The molecule has 3 heterocycles. The first kappa shape index (κ1) is 16.5. The molecule has 2 aliphatic rings. The molecule has 0 atom stereocenters. The number of nitrogens with zero attached hydrogens (tertiary/aromatic N) is 3. The van der Waals surface area contributed by atoms with Crippen molar-refractivity contribution in [2.45, 2.75) is 57.9 Å². The molecule has 0 spiro atoms. The molecule has 4 rings (SSSR count). The fourth-order valence-electron chi connectivity index (χ4n) is 3.52. The van der Waals surface area contributed by atoms with Gasteiger partial charge in [0.15, 0.2) is 0 Å². The van der Waals surface area contributed by atoms with Crippen LogP contribution in [0.4, 0.5) is 0 Å². The summed E-state index contributed by atoms with van der Waals surface area (Å²) in [5.74, 6) is 0.632. The number of hydrogen-bond acceptors (Lipinski definition) is 5. The first-order chi connectivity index (χ1) is 11.9. The fourth-order valence-corrected chi connectivity index (χ4v) is 3.52. The quantitative estimate of drug-likeness (QED) is 0.853. The molecular weight excluding hydrogens is 318 g/mol. The van der Waals surface area contributed by atoms with E-state index in [2.05, 4.69) is 24.0 Å². The molecule has 134 valence electrons. The van der Waals surface area contributed by atoms with Crippen LogP contribution in [0.2, 0.25) is 0 Å². The second-order valence-corrected chi connectivity index (χ2v) is 8.09. The Labute approximate surface area is 147 Å². The van der Waals surface area contributed by atoms with Crippen LogP contribution in [0.3, 0.4) is 0 Å². The predicted molar refractivity (Wildman–Crippen MR) is 93.8 cm³/mol. The van der Waals surface area contributed by atoms with E-state index < -0.39 is 0 Å². The topological polar surface area (TPSA) is 68.5 Å². The zero-order chi connectivity index (χ0) is 17.8. The van der Waals surface area contributed by atoms with E-state index >= 15 is 0 Å². The Balaban J connectivity index is 1.86. The Bertz CT molecular complexity index is 821. The van der Waals surface area contributed by atoms with E-state index in [9.17, 15) is 4.79 Å². The highest BCUT2D eigenvalue weighted by molar-refractivity contribution is 6.06. The van der Waals surface area contributed by atoms with Crippen LogP contribution < -0.4 is 0 Å². The number of aromatic nitrogens is 2. The lowest BCUT2D eigenvalue weighted by Crippen LogP contribution is -2.55. The number of hydrogen-bond donors (Lipinski definition) is 0. The van der Waals surface area contributed by atoms with Crippen molar-refractivity contribution >= 4 is 17.0 Å². The smallest absolute Gasteiger partial charge is 0.259 e. The first-order valence-corrected chi connectivity index (χ1v) is 9.08. The molecule has 0 aromatic carbocycles. The highest BCUT2D eigenvalue weighted by Crippen LogP contribution is 2.41. The summed E-state index contributed by atoms with van der Waals surface area (Å²) in [6.07, 6.45) is 2.25. The summed E-state index contributed by atoms with van der Waals surface area (Å²) in [5, 5.41) is 4.98. The van der Waals surface area contributed by atoms with Gasteiger partial charge in [0.1, 0.15) is 0 Å². The van der Waals surface area contributed by atoms with Crippen LogP contribution in [0.1, 0.15) is 74.1 Å². The third kappa shape index (κ3) is 2.82. The van der Waals surface area contributed by atoms with Gasteiger partial charge in [-0.05, 0) is 38.7 Å². The summed E-state index contributed by atoms with van der Waals surface area (Å²) in [6, 6.07) is 1.97. The molecule has 1 amide bonds. The van der Waals surface area contributed by atoms with Gasteiger partial charge in [-0.1, -0.05) is 19.0 Å². The average Bonchev–Trinajstić information content (AvgIpc) is 3.32. The molecule has 1 aliphatic carbocycles. The molecule has 25 heavy (non-hydrogen) atoms. The van der Waals surface area contributed by atoms with E-state index in [1.54, 1.807) is 0 Å². The zero-order valence-electron chi connectivity index (χ0n) is 15.3. The summed E-state index contributed by atoms with van der Waals surface area (Å²) in [5.41, 5.74) is 2.58. The van der Waals surface area contributed by atoms with Crippen molar-refractivity contribution in [1.82, 2.24) is 15.0 Å². The van der Waals surface area contributed by atoms with Crippen LogP contribution in [0, 0.1) is 0 Å². The summed E-state index contributed by atoms with van der Waals surface area (Å²) < 4.78 is 11.1. The number of fused-ring (bicyclic) bond motifs is 1. The van der Waals surface area contributed by atoms with Gasteiger partial charge in [-0.2, -0.15) is 0 Å². The number of morpholine rings is 1. The number of carbonyl (C=O) groups excluding carboxylic acids is 1. The van der Waals surface area contributed by atoms with Crippen molar-refractivity contribution < 1.29 is 14.1 Å². The number of pyridine rings is 1. The van der Waals surface area contributed by atoms with E-state index in [-0.39, 0.29) is 17.4 Å². The molecule has 0 radical (unpaired) electrons. The van der Waals surface area contributed by atoms with Gasteiger partial charge in [-0.3, -0.25) is 4.79 Å². The fraction of sp³-hybridized carbons (Fsp3) is 0.632. The number of rotatable bonds is 3. The lowest BCUT2D eigenvalue weighted by molar-refractivity contribution is -0.0369. The Kier molecular flexibility index (Phi) is 3.83. The molecule has 0 bridgehead atoms. The molecule has 0 unspecified atom stereocenters. The average molecular weight is 343 g/mol. The van der Waals surface area contributed by atoms with Gasteiger partial charge >= 0.3 is 0 Å². The maximum Gasteiger partial charge on any atom is 0.259 e. The second kappa shape index (κ2) is 5.80. The van der Waals surface area contributed by atoms with Crippen molar-refractivity contribution in [3.8, 4) is 0 Å². The van der Waals surface area contributed by atoms with E-state index in [0.29, 0.717) is 37.0 Å². The summed E-state index contributed by atoms with van der Waals surface area (Å²) in [4.78, 5) is 20.0. The van der Waals surface area contributed by atoms with Crippen LogP contribution in [0.25, 0.3) is 11.1 Å². The van der Waals surface area contributed by atoms with Gasteiger partial charge in [0, 0.05) is 18.2 Å². The highest BCUT2D eigenvalue weighted by Gasteiger charge is 2.37. The maximum atomic E-state index is 13.5. The molecule has 1 saturated carbocycles. The minimum absolute atomic E-state index is 0.0210. The summed E-state index contributed by atoms with van der Waals surface area (Å²) in [6.45, 7) is 9.90. The van der Waals surface area contributed by atoms with Gasteiger partial charge in [-0.25, -0.2) is 4.98 Å². The van der Waals surface area contributed by atoms with Crippen LogP contribution >= 0.6 is 0 Å². The van der Waals surface area contributed by atoms with Crippen molar-refractivity contribution in [1.29, 1.82) is 0 Å². The van der Waals surface area contributed by atoms with Gasteiger partial charge < -0.3 is 14.2 Å². The van der Waals surface area contributed by atoms with Gasteiger partial charge in [0.05, 0.1) is 35.4 Å². The molecule has 2 fully saturated rings. The normalized spacial score (nSPS) is 20.4. The van der Waals surface area contributed by atoms with Crippen molar-refractivity contribution in [3.63, 3.8) is 0 Å². The van der Waals surface area contributed by atoms with Gasteiger partial charge in [0.2, 0.25) is 0 Å². The summed E-state index contributed by atoms with van der Waals surface area (Å²) in [7, 11) is 0. The number of amides is 1. The van der Waals surface area contributed by atoms with Gasteiger partial charge in [0.25, 0.3) is 11.6 Å². The van der Waals surface area contributed by atoms with E-state index in [1.165, 1.54) is 0 Å². The molecule has 1 aliphatic heterocycles. The van der Waals surface area contributed by atoms with Gasteiger partial charge in [-0.15, -0.1) is 0 Å². The Hall–Kier alpha value is -1.95. The Morgan fingerprint density at radius 2 is 2.12 bits per heavy atom. The lowest BCUT2D eigenvalue weighted by Gasteiger charge is -2.42. The minimum Gasteiger partial charge on any atom is -0.377 e. The second-order valence-electron chi connectivity index (χ2n) is 8.09. The predicted octanol–water partition coefficient (Wildman–Crippen LogP) is 3.47. The van der Waals surface area contributed by atoms with E-state index in [1.807, 2.05) is 24.8 Å². The summed E-state index contributed by atoms with van der Waals surface area (Å²) >= 11 is 0. The van der Waals surface area contributed by atoms with E-state index in [0.717, 1.165) is 29.6 Å². The zero-order valence-corrected chi connectivity index (χ0v) is 15.3. The molecule has 6 heteroatoms. The lowest BCUT2D eigenvalue weighted by atomic mass is 9.97. The van der Waals surface area contributed by atoms with Crippen molar-refractivity contribution in [2.24, 2.45) is 0 Å². The monoisotopic (exact) mass is 343 g/mol. The van der Waals surface area contributed by atoms with Crippen LogP contribution in [-0.2, 0) is 4.74 Å². The van der Waals surface area contributed by atoms with Crippen molar-refractivity contribution in [2.75, 3.05) is 19.8 Å². The highest BCUT2D eigenvalue weighted by atomic mass is 16.5. The number of ether oxygens (including phenoxy) is 1. The van der Waals surface area contributed by atoms with E-state index in [4.69, 9.17) is 9.26 Å². The maximum absolute atomic E-state index is 13.5. The SMILES string of the molecule is CC(C)c1noc2nc(C3CC3)cc(C(=O)N3CCOCC3(C)C)c12. The standard InChI is InChI=1S/C19H25N3O3/c1-11(2)16-15-13(18(23)22-7-8-24-10-19(22,3)4)9-14(12-5-6-12)20-17(15)25-21-16/h9,11-12H,5-8,10H2,1-4H3. The molecule has 1 saturated heterocycles. The minimum atomic E-state index is -0.334. The first-order valence-electron chi connectivity index (χ1n) is 9.08. The van der Waals surface area contributed by atoms with Crippen molar-refractivity contribution in [3.05, 3.63) is 23.0 Å². The Morgan fingerprint density at radius 1 is 1.36 bits per heavy atom. The van der Waals surface area contributed by atoms with Crippen LogP contribution in [-0.4, -0.2) is 46.2 Å². The Morgan fingerprint density at radius 3 is 2.76 bits per heavy atom. The molecular formula is C19H25N3O3. The largest absolute Gasteiger partial charge is 0.377 e. The third-order valence-corrected chi connectivity index (χ3v) is 5.16. The van der Waals surface area contributed by atoms with Crippen LogP contribution in [0.5, 0.6) is 0 Å². The molecule has 6 nitrogen and oxygen atoms in total.